The van der Waals surface area contributed by atoms with Gasteiger partial charge < -0.3 is 10.2 Å². The number of pyridine rings is 1. The topological polar surface area (TPSA) is 62.3 Å². The Bertz CT molecular complexity index is 588. The lowest BCUT2D eigenvalue weighted by molar-refractivity contribution is -0.111. The van der Waals surface area contributed by atoms with Crippen LogP contribution < -0.4 is 5.32 Å². The molecule has 1 aliphatic carbocycles. The van der Waals surface area contributed by atoms with Gasteiger partial charge in [-0.05, 0) is 58.0 Å². The molecule has 2 heterocycles. The molecule has 2 aliphatic rings. The zero-order chi connectivity index (χ0) is 17.0. The zero-order valence-corrected chi connectivity index (χ0v) is 14.5. The molecule has 1 amide bonds. The van der Waals surface area contributed by atoms with Gasteiger partial charge in [-0.3, -0.25) is 9.59 Å². The van der Waals surface area contributed by atoms with Gasteiger partial charge in [0.05, 0.1) is 11.2 Å². The van der Waals surface area contributed by atoms with Gasteiger partial charge in [0, 0.05) is 5.92 Å². The van der Waals surface area contributed by atoms with Crippen LogP contribution in [0.4, 0.5) is 0 Å². The van der Waals surface area contributed by atoms with Crippen molar-refractivity contribution < 1.29 is 9.59 Å². The molecule has 1 aliphatic heterocycles. The van der Waals surface area contributed by atoms with Crippen molar-refractivity contribution in [2.45, 2.75) is 50.5 Å². The number of Topliss-reactive ketones (excluding diaryl/α,β-unsaturated/α-hetero) is 1. The third-order valence-electron chi connectivity index (χ3n) is 5.62. The Morgan fingerprint density at radius 3 is 2.62 bits per heavy atom. The smallest absolute Gasteiger partial charge is 0.207 e. The van der Waals surface area contributed by atoms with E-state index in [9.17, 15) is 9.59 Å². The summed E-state index contributed by atoms with van der Waals surface area (Å²) in [7, 11) is 2.09. The maximum absolute atomic E-state index is 12.8. The average Bonchev–Trinajstić information content (AvgIpc) is 2.63. The summed E-state index contributed by atoms with van der Waals surface area (Å²) in [6, 6.07) is 5.68. The molecule has 0 spiro atoms. The van der Waals surface area contributed by atoms with Crippen molar-refractivity contribution >= 4 is 12.2 Å². The second kappa shape index (κ2) is 7.43. The number of aromatic nitrogens is 1. The van der Waals surface area contributed by atoms with Crippen molar-refractivity contribution in [2.24, 2.45) is 5.92 Å². The lowest BCUT2D eigenvalue weighted by Gasteiger charge is -2.36. The minimum Gasteiger partial charge on any atom is -0.348 e. The molecule has 5 heteroatoms. The number of amides is 1. The van der Waals surface area contributed by atoms with Crippen LogP contribution in [0.3, 0.4) is 0 Å². The molecule has 1 aromatic heterocycles. The highest BCUT2D eigenvalue weighted by Crippen LogP contribution is 2.36. The molecule has 0 atom stereocenters. The first kappa shape index (κ1) is 17.1. The van der Waals surface area contributed by atoms with E-state index in [1.807, 2.05) is 18.2 Å². The van der Waals surface area contributed by atoms with E-state index in [1.54, 1.807) is 0 Å². The van der Waals surface area contributed by atoms with E-state index < -0.39 is 5.54 Å². The van der Waals surface area contributed by atoms with Gasteiger partial charge in [0.15, 0.2) is 5.78 Å². The van der Waals surface area contributed by atoms with Crippen LogP contribution in [0.2, 0.25) is 0 Å². The summed E-state index contributed by atoms with van der Waals surface area (Å²) in [5.74, 6) is 0.229. The first-order valence-electron chi connectivity index (χ1n) is 9.06. The SMILES string of the molecule is CN1CCC(C(=O)c2cccc(C3(NC=O)CCCCC3)n2)CC1. The fourth-order valence-corrected chi connectivity index (χ4v) is 4.06. The molecule has 130 valence electrons. The molecular formula is C19H27N3O2. The molecule has 0 radical (unpaired) electrons. The molecule has 1 aromatic rings. The normalized spacial score (nSPS) is 22.0. The number of hydrogen-bond acceptors (Lipinski definition) is 4. The van der Waals surface area contributed by atoms with Crippen molar-refractivity contribution in [3.8, 4) is 0 Å². The zero-order valence-electron chi connectivity index (χ0n) is 14.5. The van der Waals surface area contributed by atoms with E-state index in [0.717, 1.165) is 63.7 Å². The van der Waals surface area contributed by atoms with Crippen molar-refractivity contribution in [3.63, 3.8) is 0 Å². The van der Waals surface area contributed by atoms with Gasteiger partial charge in [0.25, 0.3) is 0 Å². The number of hydrogen-bond donors (Lipinski definition) is 1. The quantitative estimate of drug-likeness (QED) is 0.666. The Morgan fingerprint density at radius 1 is 1.25 bits per heavy atom. The Kier molecular flexibility index (Phi) is 5.29. The lowest BCUT2D eigenvalue weighted by Crippen LogP contribution is -2.44. The molecule has 1 N–H and O–H groups in total. The Balaban J connectivity index is 1.82. The number of carbonyl (C=O) groups excluding carboxylic acids is 2. The summed E-state index contributed by atoms with van der Waals surface area (Å²) < 4.78 is 0. The van der Waals surface area contributed by atoms with Crippen molar-refractivity contribution in [1.29, 1.82) is 0 Å². The predicted octanol–water partition coefficient (Wildman–Crippen LogP) is 2.51. The number of rotatable bonds is 5. The van der Waals surface area contributed by atoms with E-state index in [1.165, 1.54) is 6.42 Å². The third kappa shape index (κ3) is 3.51. The monoisotopic (exact) mass is 329 g/mol. The number of nitrogens with zero attached hydrogens (tertiary/aromatic N) is 2. The lowest BCUT2D eigenvalue weighted by atomic mass is 9.79. The van der Waals surface area contributed by atoms with Gasteiger partial charge in [0.2, 0.25) is 6.41 Å². The average molecular weight is 329 g/mol. The van der Waals surface area contributed by atoms with E-state index in [2.05, 4.69) is 17.3 Å². The number of likely N-dealkylation sites (tertiary alicyclic amines) is 1. The predicted molar refractivity (Wildman–Crippen MR) is 92.8 cm³/mol. The number of ketones is 1. The molecule has 0 unspecified atom stereocenters. The number of carbonyl (C=O) groups is 2. The second-order valence-electron chi connectivity index (χ2n) is 7.25. The molecule has 1 saturated heterocycles. The molecule has 0 aromatic carbocycles. The van der Waals surface area contributed by atoms with E-state index >= 15 is 0 Å². The summed E-state index contributed by atoms with van der Waals surface area (Å²) in [4.78, 5) is 30.9. The van der Waals surface area contributed by atoms with Crippen LogP contribution in [0.25, 0.3) is 0 Å². The van der Waals surface area contributed by atoms with Gasteiger partial charge in [-0.2, -0.15) is 0 Å². The number of nitrogens with one attached hydrogen (secondary N) is 1. The molecule has 24 heavy (non-hydrogen) atoms. The van der Waals surface area contributed by atoms with Crippen molar-refractivity contribution in [3.05, 3.63) is 29.6 Å². The molecule has 5 nitrogen and oxygen atoms in total. The van der Waals surface area contributed by atoms with Crippen molar-refractivity contribution in [1.82, 2.24) is 15.2 Å². The molecule has 1 saturated carbocycles. The van der Waals surface area contributed by atoms with Gasteiger partial charge in [-0.1, -0.05) is 25.3 Å². The Labute approximate surface area is 143 Å². The van der Waals surface area contributed by atoms with Crippen LogP contribution in [-0.4, -0.2) is 42.2 Å². The van der Waals surface area contributed by atoms with Crippen LogP contribution in [0.5, 0.6) is 0 Å². The Hall–Kier alpha value is -1.75. The second-order valence-corrected chi connectivity index (χ2v) is 7.25. The summed E-state index contributed by atoms with van der Waals surface area (Å²) in [5.41, 5.74) is 0.996. The molecular weight excluding hydrogens is 302 g/mol. The Morgan fingerprint density at radius 2 is 1.96 bits per heavy atom. The van der Waals surface area contributed by atoms with Crippen LogP contribution in [0, 0.1) is 5.92 Å². The van der Waals surface area contributed by atoms with Gasteiger partial charge in [-0.15, -0.1) is 0 Å². The third-order valence-corrected chi connectivity index (χ3v) is 5.62. The van der Waals surface area contributed by atoms with Crippen LogP contribution >= 0.6 is 0 Å². The highest BCUT2D eigenvalue weighted by atomic mass is 16.1. The highest BCUT2D eigenvalue weighted by molar-refractivity contribution is 5.96. The maximum Gasteiger partial charge on any atom is 0.207 e. The minimum absolute atomic E-state index is 0.0743. The fraction of sp³-hybridized carbons (Fsp3) is 0.632. The molecule has 0 bridgehead atoms. The fourth-order valence-electron chi connectivity index (χ4n) is 4.06. The van der Waals surface area contributed by atoms with Crippen LogP contribution in [-0.2, 0) is 10.3 Å². The molecule has 2 fully saturated rings. The first-order chi connectivity index (χ1) is 11.6. The van der Waals surface area contributed by atoms with Gasteiger partial charge in [-0.25, -0.2) is 4.98 Å². The largest absolute Gasteiger partial charge is 0.348 e. The van der Waals surface area contributed by atoms with E-state index in [0.29, 0.717) is 5.69 Å². The highest BCUT2D eigenvalue weighted by Gasteiger charge is 2.35. The summed E-state index contributed by atoms with van der Waals surface area (Å²) in [5, 5.41) is 3.00. The van der Waals surface area contributed by atoms with E-state index in [4.69, 9.17) is 4.98 Å². The summed E-state index contributed by atoms with van der Waals surface area (Å²) in [6.07, 6.45) is 7.72. The van der Waals surface area contributed by atoms with E-state index in [-0.39, 0.29) is 11.7 Å². The minimum atomic E-state index is -0.400. The standard InChI is InChI=1S/C19H27N3O2/c1-22-12-8-15(9-13-22)18(24)16-6-5-7-17(21-16)19(20-14-23)10-3-2-4-11-19/h5-7,14-15H,2-4,8-13H2,1H3,(H,20,23). The van der Waals surface area contributed by atoms with Crippen molar-refractivity contribution in [2.75, 3.05) is 20.1 Å². The van der Waals surface area contributed by atoms with Gasteiger partial charge >= 0.3 is 0 Å². The summed E-state index contributed by atoms with van der Waals surface area (Å²) >= 11 is 0. The summed E-state index contributed by atoms with van der Waals surface area (Å²) in [6.45, 7) is 1.93. The van der Waals surface area contributed by atoms with Crippen LogP contribution in [0.1, 0.15) is 61.1 Å². The maximum atomic E-state index is 12.8. The first-order valence-corrected chi connectivity index (χ1v) is 9.06. The molecule has 3 rings (SSSR count). The van der Waals surface area contributed by atoms with Crippen LogP contribution in [0.15, 0.2) is 18.2 Å². The van der Waals surface area contributed by atoms with Gasteiger partial charge in [0.1, 0.15) is 5.69 Å². The number of piperidine rings is 1.